The Balaban J connectivity index is 1.87. The predicted molar refractivity (Wildman–Crippen MR) is 94.7 cm³/mol. The number of aromatic nitrogens is 1. The standard InChI is InChI=1S/C19H28N2O4/c1-2-8-19(12-22)11-21(9-7-16(19)23)18(25)14-10-13-5-3-4-6-15(13)20-17(14)24/h10,16,22-23H,2-9,11-12H2,1H3,(H,20,24)/t16-,19-/m0/s1. The Kier molecular flexibility index (Phi) is 5.29. The van der Waals surface area contributed by atoms with Crippen LogP contribution >= 0.6 is 0 Å². The number of amides is 1. The number of hydrogen-bond donors (Lipinski definition) is 3. The monoisotopic (exact) mass is 348 g/mol. The van der Waals surface area contributed by atoms with Crippen LogP contribution in [0.15, 0.2) is 10.9 Å². The second-order valence-corrected chi connectivity index (χ2v) is 7.52. The molecule has 6 heteroatoms. The lowest BCUT2D eigenvalue weighted by atomic mass is 9.74. The van der Waals surface area contributed by atoms with Crippen molar-refractivity contribution in [1.29, 1.82) is 0 Å². The Morgan fingerprint density at radius 2 is 2.16 bits per heavy atom. The van der Waals surface area contributed by atoms with Crippen LogP contribution in [0.4, 0.5) is 0 Å². The van der Waals surface area contributed by atoms with Crippen LogP contribution in [0.1, 0.15) is 60.6 Å². The van der Waals surface area contributed by atoms with E-state index in [0.717, 1.165) is 43.4 Å². The van der Waals surface area contributed by atoms with E-state index in [1.54, 1.807) is 11.0 Å². The summed E-state index contributed by atoms with van der Waals surface area (Å²) < 4.78 is 0. The molecule has 0 bridgehead atoms. The molecule has 2 heterocycles. The predicted octanol–water partition coefficient (Wildman–Crippen LogP) is 1.24. The zero-order valence-electron chi connectivity index (χ0n) is 14.9. The minimum atomic E-state index is -0.691. The van der Waals surface area contributed by atoms with Crippen molar-refractivity contribution in [3.63, 3.8) is 0 Å². The average Bonchev–Trinajstić information content (AvgIpc) is 2.62. The number of piperidine rings is 1. The number of aliphatic hydroxyl groups excluding tert-OH is 2. The minimum Gasteiger partial charge on any atom is -0.396 e. The van der Waals surface area contributed by atoms with E-state index in [1.807, 2.05) is 6.92 Å². The van der Waals surface area contributed by atoms with E-state index in [4.69, 9.17) is 0 Å². The number of pyridine rings is 1. The van der Waals surface area contributed by atoms with Gasteiger partial charge in [-0.2, -0.15) is 0 Å². The van der Waals surface area contributed by atoms with Gasteiger partial charge < -0.3 is 20.1 Å². The number of carbonyl (C=O) groups excluding carboxylic acids is 1. The van der Waals surface area contributed by atoms with Gasteiger partial charge in [-0.15, -0.1) is 0 Å². The molecular weight excluding hydrogens is 320 g/mol. The second-order valence-electron chi connectivity index (χ2n) is 7.52. The SMILES string of the molecule is CCC[C@@]1(CO)CN(C(=O)c2cc3c([nH]c2=O)CCCC3)CC[C@@H]1O. The number of nitrogens with zero attached hydrogens (tertiary/aromatic N) is 1. The summed E-state index contributed by atoms with van der Waals surface area (Å²) in [4.78, 5) is 29.9. The molecule has 0 saturated carbocycles. The summed E-state index contributed by atoms with van der Waals surface area (Å²) >= 11 is 0. The number of aryl methyl sites for hydroxylation is 2. The van der Waals surface area contributed by atoms with E-state index in [0.29, 0.717) is 19.4 Å². The summed E-state index contributed by atoms with van der Waals surface area (Å²) in [5.41, 5.74) is 1.18. The fraction of sp³-hybridized carbons (Fsp3) is 0.684. The highest BCUT2D eigenvalue weighted by Crippen LogP contribution is 2.35. The smallest absolute Gasteiger partial charge is 0.261 e. The van der Waals surface area contributed by atoms with Crippen molar-refractivity contribution in [1.82, 2.24) is 9.88 Å². The Morgan fingerprint density at radius 3 is 2.88 bits per heavy atom. The van der Waals surface area contributed by atoms with Crippen LogP contribution in [-0.2, 0) is 12.8 Å². The molecule has 25 heavy (non-hydrogen) atoms. The van der Waals surface area contributed by atoms with Gasteiger partial charge in [0.1, 0.15) is 5.56 Å². The van der Waals surface area contributed by atoms with Crippen molar-refractivity contribution in [3.8, 4) is 0 Å². The molecule has 0 radical (unpaired) electrons. The van der Waals surface area contributed by atoms with E-state index in [9.17, 15) is 19.8 Å². The molecule has 0 spiro atoms. The van der Waals surface area contributed by atoms with Crippen molar-refractivity contribution in [2.45, 2.75) is 58.0 Å². The maximum atomic E-state index is 13.0. The lowest BCUT2D eigenvalue weighted by Gasteiger charge is -2.45. The Labute approximate surface area is 147 Å². The normalized spacial score (nSPS) is 26.4. The van der Waals surface area contributed by atoms with Crippen molar-refractivity contribution in [2.24, 2.45) is 5.41 Å². The maximum Gasteiger partial charge on any atom is 0.261 e. The third-order valence-electron chi connectivity index (χ3n) is 5.80. The largest absolute Gasteiger partial charge is 0.396 e. The summed E-state index contributed by atoms with van der Waals surface area (Å²) in [5, 5.41) is 20.2. The quantitative estimate of drug-likeness (QED) is 0.763. The molecule has 1 fully saturated rings. The van der Waals surface area contributed by atoms with E-state index < -0.39 is 11.5 Å². The first-order valence-corrected chi connectivity index (χ1v) is 9.34. The van der Waals surface area contributed by atoms with Gasteiger partial charge in [-0.3, -0.25) is 9.59 Å². The van der Waals surface area contributed by atoms with E-state index in [1.165, 1.54) is 0 Å². The van der Waals surface area contributed by atoms with Gasteiger partial charge in [-0.05, 0) is 50.2 Å². The van der Waals surface area contributed by atoms with Crippen LogP contribution in [0, 0.1) is 5.41 Å². The molecule has 2 aliphatic rings. The van der Waals surface area contributed by atoms with Crippen LogP contribution in [0.3, 0.4) is 0 Å². The number of aliphatic hydroxyl groups is 2. The number of likely N-dealkylation sites (tertiary alicyclic amines) is 1. The second kappa shape index (κ2) is 7.30. The first-order valence-electron chi connectivity index (χ1n) is 9.34. The lowest BCUT2D eigenvalue weighted by molar-refractivity contribution is -0.0720. The molecule has 1 aromatic rings. The average molecular weight is 348 g/mol. The molecule has 138 valence electrons. The van der Waals surface area contributed by atoms with E-state index in [-0.39, 0.29) is 30.2 Å². The zero-order chi connectivity index (χ0) is 18.0. The third kappa shape index (κ3) is 3.37. The molecular formula is C19H28N2O4. The number of hydrogen-bond acceptors (Lipinski definition) is 4. The highest BCUT2D eigenvalue weighted by molar-refractivity contribution is 5.94. The molecule has 1 aliphatic carbocycles. The molecule has 0 aromatic carbocycles. The minimum absolute atomic E-state index is 0.160. The van der Waals surface area contributed by atoms with Crippen molar-refractivity contribution >= 4 is 5.91 Å². The van der Waals surface area contributed by atoms with Crippen molar-refractivity contribution in [2.75, 3.05) is 19.7 Å². The summed E-state index contributed by atoms with van der Waals surface area (Å²) in [6, 6.07) is 1.75. The number of aromatic amines is 1. The summed E-state index contributed by atoms with van der Waals surface area (Å²) in [5.74, 6) is -0.296. The van der Waals surface area contributed by atoms with E-state index >= 15 is 0 Å². The number of rotatable bonds is 4. The van der Waals surface area contributed by atoms with Crippen molar-refractivity contribution in [3.05, 3.63) is 33.2 Å². The van der Waals surface area contributed by atoms with Gasteiger partial charge in [0.15, 0.2) is 0 Å². The molecule has 1 aromatic heterocycles. The molecule has 3 N–H and O–H groups in total. The van der Waals surface area contributed by atoms with Gasteiger partial charge in [0.05, 0.1) is 12.7 Å². The highest BCUT2D eigenvalue weighted by atomic mass is 16.3. The third-order valence-corrected chi connectivity index (χ3v) is 5.80. The highest BCUT2D eigenvalue weighted by Gasteiger charge is 2.43. The molecule has 6 nitrogen and oxygen atoms in total. The van der Waals surface area contributed by atoms with Gasteiger partial charge in [-0.1, -0.05) is 13.3 Å². The first kappa shape index (κ1) is 18.1. The van der Waals surface area contributed by atoms with Gasteiger partial charge in [0.25, 0.3) is 11.5 Å². The fourth-order valence-electron chi connectivity index (χ4n) is 4.30. The van der Waals surface area contributed by atoms with Crippen LogP contribution in [0.5, 0.6) is 0 Å². The Morgan fingerprint density at radius 1 is 1.40 bits per heavy atom. The molecule has 1 aliphatic heterocycles. The molecule has 1 saturated heterocycles. The van der Waals surface area contributed by atoms with Crippen molar-refractivity contribution < 1.29 is 15.0 Å². The molecule has 0 unspecified atom stereocenters. The molecule has 3 rings (SSSR count). The maximum absolute atomic E-state index is 13.0. The fourth-order valence-corrected chi connectivity index (χ4v) is 4.30. The van der Waals surface area contributed by atoms with Crippen LogP contribution in [0.25, 0.3) is 0 Å². The number of H-pyrrole nitrogens is 1. The lowest BCUT2D eigenvalue weighted by Crippen LogP contribution is -2.55. The Bertz CT molecular complexity index is 699. The number of nitrogens with one attached hydrogen (secondary N) is 1. The Hall–Kier alpha value is -1.66. The topological polar surface area (TPSA) is 93.6 Å². The van der Waals surface area contributed by atoms with Gasteiger partial charge in [0.2, 0.25) is 0 Å². The number of carbonyl (C=O) groups is 1. The summed E-state index contributed by atoms with van der Waals surface area (Å²) in [7, 11) is 0. The van der Waals surface area contributed by atoms with Crippen LogP contribution in [0.2, 0.25) is 0 Å². The van der Waals surface area contributed by atoms with Gasteiger partial charge in [-0.25, -0.2) is 0 Å². The van der Waals surface area contributed by atoms with Crippen LogP contribution in [-0.4, -0.2) is 51.8 Å². The molecule has 2 atom stereocenters. The first-order chi connectivity index (χ1) is 12.0. The zero-order valence-corrected chi connectivity index (χ0v) is 14.9. The molecule has 1 amide bonds. The summed E-state index contributed by atoms with van der Waals surface area (Å²) in [6.45, 7) is 2.53. The van der Waals surface area contributed by atoms with E-state index in [2.05, 4.69) is 4.98 Å². The van der Waals surface area contributed by atoms with Gasteiger partial charge in [0, 0.05) is 24.2 Å². The van der Waals surface area contributed by atoms with Gasteiger partial charge >= 0.3 is 0 Å². The van der Waals surface area contributed by atoms with Crippen LogP contribution < -0.4 is 5.56 Å². The summed E-state index contributed by atoms with van der Waals surface area (Å²) in [6.07, 6.45) is 5.16. The number of fused-ring (bicyclic) bond motifs is 1.